The number of hydrogen-bond acceptors (Lipinski definition) is 3. The number of benzene rings is 1. The van der Waals surface area contributed by atoms with Crippen LogP contribution in [0.5, 0.6) is 5.75 Å². The van der Waals surface area contributed by atoms with Crippen LogP contribution in [-0.4, -0.2) is 6.54 Å². The van der Waals surface area contributed by atoms with E-state index >= 15 is 0 Å². The van der Waals surface area contributed by atoms with Crippen molar-refractivity contribution in [2.75, 3.05) is 11.9 Å². The van der Waals surface area contributed by atoms with Crippen molar-refractivity contribution in [2.45, 2.75) is 13.0 Å². The molecule has 17 heavy (non-hydrogen) atoms. The topological polar surface area (TPSA) is 21.3 Å². The summed E-state index contributed by atoms with van der Waals surface area (Å²) in [5, 5.41) is 3.20. The van der Waals surface area contributed by atoms with Crippen LogP contribution in [0.15, 0.2) is 30.3 Å². The first-order valence-corrected chi connectivity index (χ1v) is 6.30. The molecule has 1 aliphatic rings. The Morgan fingerprint density at radius 3 is 3.00 bits per heavy atom. The highest BCUT2D eigenvalue weighted by molar-refractivity contribution is 7.12. The summed E-state index contributed by atoms with van der Waals surface area (Å²) in [6.07, 6.45) is 0.0201. The Kier molecular flexibility index (Phi) is 2.52. The van der Waals surface area contributed by atoms with E-state index in [1.54, 1.807) is 17.4 Å². The molecule has 2 nitrogen and oxygen atoms in total. The van der Waals surface area contributed by atoms with Crippen LogP contribution in [0.4, 0.5) is 10.1 Å². The predicted molar refractivity (Wildman–Crippen MR) is 67.3 cm³/mol. The summed E-state index contributed by atoms with van der Waals surface area (Å²) in [5.74, 6) is 0.471. The van der Waals surface area contributed by atoms with Crippen LogP contribution < -0.4 is 10.1 Å². The molecular formula is C13H12FNOS. The van der Waals surface area contributed by atoms with E-state index in [9.17, 15) is 4.39 Å². The molecule has 0 radical (unpaired) electrons. The van der Waals surface area contributed by atoms with Crippen molar-refractivity contribution in [3.05, 3.63) is 45.9 Å². The Balaban J connectivity index is 1.88. The molecular weight excluding hydrogens is 237 g/mol. The minimum Gasteiger partial charge on any atom is -0.481 e. The van der Waals surface area contributed by atoms with E-state index in [1.807, 2.05) is 0 Å². The highest BCUT2D eigenvalue weighted by Crippen LogP contribution is 2.36. The number of rotatable bonds is 1. The van der Waals surface area contributed by atoms with Crippen molar-refractivity contribution in [1.82, 2.24) is 0 Å². The predicted octanol–water partition coefficient (Wildman–Crippen LogP) is 3.74. The SMILES string of the molecule is Cc1ccc(C2CNc3cc(F)ccc3O2)s1. The lowest BCUT2D eigenvalue weighted by atomic mass is 10.2. The van der Waals surface area contributed by atoms with Crippen LogP contribution in [0, 0.1) is 12.7 Å². The van der Waals surface area contributed by atoms with Gasteiger partial charge in [0, 0.05) is 15.8 Å². The van der Waals surface area contributed by atoms with E-state index < -0.39 is 0 Å². The number of nitrogens with one attached hydrogen (secondary N) is 1. The van der Waals surface area contributed by atoms with E-state index in [4.69, 9.17) is 4.74 Å². The molecule has 0 saturated heterocycles. The first-order valence-electron chi connectivity index (χ1n) is 5.49. The second kappa shape index (κ2) is 4.04. The van der Waals surface area contributed by atoms with Gasteiger partial charge in [0.1, 0.15) is 11.6 Å². The smallest absolute Gasteiger partial charge is 0.150 e. The molecule has 1 unspecified atom stereocenters. The van der Waals surface area contributed by atoms with Crippen molar-refractivity contribution >= 4 is 17.0 Å². The zero-order valence-corrected chi connectivity index (χ0v) is 10.2. The summed E-state index contributed by atoms with van der Waals surface area (Å²) < 4.78 is 18.9. The summed E-state index contributed by atoms with van der Waals surface area (Å²) in [5.41, 5.74) is 0.731. The lowest BCUT2D eigenvalue weighted by molar-refractivity contribution is 0.214. The third kappa shape index (κ3) is 2.00. The van der Waals surface area contributed by atoms with Gasteiger partial charge in [-0.2, -0.15) is 0 Å². The molecule has 1 N–H and O–H groups in total. The number of ether oxygens (including phenoxy) is 1. The summed E-state index contributed by atoms with van der Waals surface area (Å²) in [7, 11) is 0. The molecule has 2 heterocycles. The van der Waals surface area contributed by atoms with Gasteiger partial charge in [0.25, 0.3) is 0 Å². The number of thiophene rings is 1. The summed E-state index contributed by atoms with van der Waals surface area (Å²) in [6.45, 7) is 2.75. The number of anilines is 1. The van der Waals surface area contributed by atoms with Crippen LogP contribution in [0.25, 0.3) is 0 Å². The molecule has 88 valence electrons. The number of fused-ring (bicyclic) bond motifs is 1. The van der Waals surface area contributed by atoms with Gasteiger partial charge in [-0.05, 0) is 31.2 Å². The van der Waals surface area contributed by atoms with Gasteiger partial charge in [-0.15, -0.1) is 11.3 Å². The molecule has 3 rings (SSSR count). The Labute approximate surface area is 103 Å². The average Bonchev–Trinajstić information content (AvgIpc) is 2.75. The van der Waals surface area contributed by atoms with Gasteiger partial charge in [-0.25, -0.2) is 4.39 Å². The molecule has 0 bridgehead atoms. The molecule has 1 atom stereocenters. The monoisotopic (exact) mass is 249 g/mol. The van der Waals surface area contributed by atoms with Crippen molar-refractivity contribution < 1.29 is 9.13 Å². The lowest BCUT2D eigenvalue weighted by Crippen LogP contribution is -2.22. The highest BCUT2D eigenvalue weighted by Gasteiger charge is 2.22. The molecule has 0 amide bonds. The Hall–Kier alpha value is -1.55. The third-order valence-corrected chi connectivity index (χ3v) is 3.86. The Morgan fingerprint density at radius 2 is 2.24 bits per heavy atom. The lowest BCUT2D eigenvalue weighted by Gasteiger charge is -2.26. The quantitative estimate of drug-likeness (QED) is 0.831. The second-order valence-corrected chi connectivity index (χ2v) is 5.40. The molecule has 1 aliphatic heterocycles. The number of aryl methyl sites for hydroxylation is 1. The molecule has 1 aromatic carbocycles. The molecule has 4 heteroatoms. The van der Waals surface area contributed by atoms with E-state index in [-0.39, 0.29) is 11.9 Å². The zero-order valence-electron chi connectivity index (χ0n) is 9.37. The normalized spacial score (nSPS) is 18.1. The van der Waals surface area contributed by atoms with Gasteiger partial charge in [0.05, 0.1) is 12.2 Å². The zero-order chi connectivity index (χ0) is 11.8. The Morgan fingerprint density at radius 1 is 1.35 bits per heavy atom. The van der Waals surface area contributed by atoms with Gasteiger partial charge in [0.15, 0.2) is 6.10 Å². The van der Waals surface area contributed by atoms with Crippen molar-refractivity contribution in [2.24, 2.45) is 0 Å². The van der Waals surface area contributed by atoms with Gasteiger partial charge in [0.2, 0.25) is 0 Å². The molecule has 0 saturated carbocycles. The van der Waals surface area contributed by atoms with E-state index in [2.05, 4.69) is 24.4 Å². The van der Waals surface area contributed by atoms with Crippen LogP contribution >= 0.6 is 11.3 Å². The fraction of sp³-hybridized carbons (Fsp3) is 0.231. The van der Waals surface area contributed by atoms with Crippen molar-refractivity contribution in [1.29, 1.82) is 0 Å². The average molecular weight is 249 g/mol. The van der Waals surface area contributed by atoms with E-state index in [0.29, 0.717) is 12.3 Å². The van der Waals surface area contributed by atoms with Crippen LogP contribution in [0.3, 0.4) is 0 Å². The molecule has 1 aromatic heterocycles. The molecule has 2 aromatic rings. The highest BCUT2D eigenvalue weighted by atomic mass is 32.1. The van der Waals surface area contributed by atoms with Gasteiger partial charge in [-0.1, -0.05) is 0 Å². The van der Waals surface area contributed by atoms with Gasteiger partial charge < -0.3 is 10.1 Å². The minimum absolute atomic E-state index is 0.0201. The summed E-state index contributed by atoms with van der Waals surface area (Å²) in [4.78, 5) is 2.47. The Bertz CT molecular complexity index is 552. The van der Waals surface area contributed by atoms with Crippen LogP contribution in [0.1, 0.15) is 15.9 Å². The molecule has 0 fully saturated rings. The fourth-order valence-corrected chi connectivity index (χ4v) is 2.83. The van der Waals surface area contributed by atoms with Crippen LogP contribution in [0.2, 0.25) is 0 Å². The summed E-state index contributed by atoms with van der Waals surface area (Å²) >= 11 is 1.73. The number of halogens is 1. The minimum atomic E-state index is -0.245. The maximum Gasteiger partial charge on any atom is 0.150 e. The summed E-state index contributed by atoms with van der Waals surface area (Å²) in [6, 6.07) is 8.72. The van der Waals surface area contributed by atoms with Crippen molar-refractivity contribution in [3.63, 3.8) is 0 Å². The standard InChI is InChI=1S/C13H12FNOS/c1-8-2-5-13(17-8)12-7-15-10-6-9(14)3-4-11(10)16-12/h2-6,12,15H,7H2,1H3. The first kappa shape index (κ1) is 10.6. The number of hydrogen-bond donors (Lipinski definition) is 1. The third-order valence-electron chi connectivity index (χ3n) is 2.77. The van der Waals surface area contributed by atoms with Crippen LogP contribution in [-0.2, 0) is 0 Å². The fourth-order valence-electron chi connectivity index (χ4n) is 1.93. The first-order chi connectivity index (χ1) is 8.22. The van der Waals surface area contributed by atoms with Gasteiger partial charge in [-0.3, -0.25) is 0 Å². The van der Waals surface area contributed by atoms with Gasteiger partial charge >= 0.3 is 0 Å². The van der Waals surface area contributed by atoms with E-state index in [1.165, 1.54) is 21.9 Å². The second-order valence-electron chi connectivity index (χ2n) is 4.08. The van der Waals surface area contributed by atoms with E-state index in [0.717, 1.165) is 5.69 Å². The maximum absolute atomic E-state index is 13.0. The van der Waals surface area contributed by atoms with Crippen molar-refractivity contribution in [3.8, 4) is 5.75 Å². The maximum atomic E-state index is 13.0. The molecule has 0 spiro atoms. The largest absolute Gasteiger partial charge is 0.481 e. The molecule has 0 aliphatic carbocycles.